The van der Waals surface area contributed by atoms with Gasteiger partial charge in [0.05, 0.1) is 10.6 Å². The highest BCUT2D eigenvalue weighted by Gasteiger charge is 2.27. The Kier molecular flexibility index (Phi) is 5.52. The molecule has 4 rings (SSSR count). The molecule has 6 nitrogen and oxygen atoms in total. The van der Waals surface area contributed by atoms with Crippen LogP contribution >= 0.6 is 0 Å². The zero-order valence-corrected chi connectivity index (χ0v) is 17.3. The van der Waals surface area contributed by atoms with Gasteiger partial charge in [-0.05, 0) is 86.1 Å². The molecule has 1 heterocycles. The van der Waals surface area contributed by atoms with Gasteiger partial charge in [-0.25, -0.2) is 13.8 Å². The van der Waals surface area contributed by atoms with Crippen LogP contribution in [0.25, 0.3) is 0 Å². The van der Waals surface area contributed by atoms with Gasteiger partial charge in [-0.2, -0.15) is 9.41 Å². The molecule has 0 atom stereocenters. The molecule has 2 aliphatic rings. The first-order valence-electron chi connectivity index (χ1n) is 10.0. The van der Waals surface area contributed by atoms with Crippen LogP contribution in [0.2, 0.25) is 0 Å². The zero-order valence-electron chi connectivity index (χ0n) is 16.5. The fourth-order valence-corrected chi connectivity index (χ4v) is 5.43. The summed E-state index contributed by atoms with van der Waals surface area (Å²) in [6.45, 7) is 2.98. The van der Waals surface area contributed by atoms with Gasteiger partial charge in [0.25, 0.3) is 5.91 Å². The van der Waals surface area contributed by atoms with Gasteiger partial charge >= 0.3 is 0 Å². The molecule has 2 aromatic carbocycles. The number of hydrazone groups is 1. The Morgan fingerprint density at radius 1 is 0.931 bits per heavy atom. The van der Waals surface area contributed by atoms with Crippen LogP contribution in [0.15, 0.2) is 52.5 Å². The minimum atomic E-state index is -3.47. The molecule has 7 heteroatoms. The highest BCUT2D eigenvalue weighted by atomic mass is 32.2. The van der Waals surface area contributed by atoms with E-state index in [1.54, 1.807) is 0 Å². The van der Waals surface area contributed by atoms with Gasteiger partial charge in [0.2, 0.25) is 10.0 Å². The van der Waals surface area contributed by atoms with Crippen LogP contribution in [-0.2, 0) is 22.9 Å². The van der Waals surface area contributed by atoms with Crippen molar-refractivity contribution in [2.75, 3.05) is 13.1 Å². The molecule has 29 heavy (non-hydrogen) atoms. The van der Waals surface area contributed by atoms with Crippen molar-refractivity contribution in [1.82, 2.24) is 9.73 Å². The summed E-state index contributed by atoms with van der Waals surface area (Å²) in [5.74, 6) is -0.365. The van der Waals surface area contributed by atoms with Gasteiger partial charge in [0.15, 0.2) is 0 Å². The predicted octanol–water partition coefficient (Wildman–Crippen LogP) is 3.11. The van der Waals surface area contributed by atoms with E-state index in [1.807, 2.05) is 13.0 Å². The van der Waals surface area contributed by atoms with Gasteiger partial charge in [-0.3, -0.25) is 4.79 Å². The van der Waals surface area contributed by atoms with E-state index in [4.69, 9.17) is 0 Å². The summed E-state index contributed by atoms with van der Waals surface area (Å²) >= 11 is 0. The van der Waals surface area contributed by atoms with Crippen molar-refractivity contribution in [1.29, 1.82) is 0 Å². The lowest BCUT2D eigenvalue weighted by Crippen LogP contribution is -2.28. The summed E-state index contributed by atoms with van der Waals surface area (Å²) in [5.41, 5.74) is 7.43. The number of hydrogen-bond acceptors (Lipinski definition) is 4. The van der Waals surface area contributed by atoms with Crippen molar-refractivity contribution in [3.05, 3.63) is 64.7 Å². The van der Waals surface area contributed by atoms with E-state index in [2.05, 4.69) is 22.7 Å². The SMILES string of the molecule is C/C(=N/NC(=O)c1ccc(S(=O)(=O)N2CCCC2)cc1)c1ccc2c(c1)CCC2. The van der Waals surface area contributed by atoms with Gasteiger partial charge in [-0.15, -0.1) is 0 Å². The summed E-state index contributed by atoms with van der Waals surface area (Å²) < 4.78 is 26.6. The number of carbonyl (C=O) groups excluding carboxylic acids is 1. The Morgan fingerprint density at radius 3 is 2.31 bits per heavy atom. The molecular formula is C22H25N3O3S. The molecule has 2 aromatic rings. The van der Waals surface area contributed by atoms with Crippen LogP contribution in [0.3, 0.4) is 0 Å². The Balaban J connectivity index is 1.44. The number of fused-ring (bicyclic) bond motifs is 1. The second kappa shape index (κ2) is 8.08. The van der Waals surface area contributed by atoms with Crippen LogP contribution in [0.4, 0.5) is 0 Å². The largest absolute Gasteiger partial charge is 0.271 e. The van der Waals surface area contributed by atoms with E-state index >= 15 is 0 Å². The number of benzene rings is 2. The average Bonchev–Trinajstić information content (AvgIpc) is 3.43. The van der Waals surface area contributed by atoms with Gasteiger partial charge < -0.3 is 0 Å². The summed E-state index contributed by atoms with van der Waals surface area (Å²) in [5, 5.41) is 4.22. The lowest BCUT2D eigenvalue weighted by molar-refractivity contribution is 0.0954. The molecule has 0 radical (unpaired) electrons. The lowest BCUT2D eigenvalue weighted by Gasteiger charge is -2.15. The van der Waals surface area contributed by atoms with Crippen molar-refractivity contribution in [3.63, 3.8) is 0 Å². The van der Waals surface area contributed by atoms with Crippen molar-refractivity contribution in [3.8, 4) is 0 Å². The van der Waals surface area contributed by atoms with Crippen LogP contribution in [0.5, 0.6) is 0 Å². The molecule has 0 unspecified atom stereocenters. The monoisotopic (exact) mass is 411 g/mol. The third-order valence-electron chi connectivity index (χ3n) is 5.66. The fraction of sp³-hybridized carbons (Fsp3) is 0.364. The predicted molar refractivity (Wildman–Crippen MR) is 113 cm³/mol. The van der Waals surface area contributed by atoms with Crippen molar-refractivity contribution < 1.29 is 13.2 Å². The molecule has 1 aliphatic carbocycles. The molecule has 0 saturated carbocycles. The van der Waals surface area contributed by atoms with Gasteiger partial charge in [0.1, 0.15) is 0 Å². The van der Waals surface area contributed by atoms with Gasteiger partial charge in [-0.1, -0.05) is 12.1 Å². The first-order chi connectivity index (χ1) is 13.9. The third kappa shape index (κ3) is 4.11. The summed E-state index contributed by atoms with van der Waals surface area (Å²) in [7, 11) is -3.47. The minimum absolute atomic E-state index is 0.216. The van der Waals surface area contributed by atoms with Crippen LogP contribution in [-0.4, -0.2) is 37.4 Å². The molecule has 0 aromatic heterocycles. The Hall–Kier alpha value is -2.51. The van der Waals surface area contributed by atoms with Crippen molar-refractivity contribution >= 4 is 21.6 Å². The second-order valence-electron chi connectivity index (χ2n) is 7.61. The molecule has 1 fully saturated rings. The first-order valence-corrected chi connectivity index (χ1v) is 11.5. The molecule has 1 aliphatic heterocycles. The average molecular weight is 412 g/mol. The number of amides is 1. The number of carbonyl (C=O) groups is 1. The zero-order chi connectivity index (χ0) is 20.4. The first kappa shape index (κ1) is 19.8. The molecular weight excluding hydrogens is 386 g/mol. The number of aryl methyl sites for hydroxylation is 2. The Bertz CT molecular complexity index is 1050. The summed E-state index contributed by atoms with van der Waals surface area (Å²) in [4.78, 5) is 12.6. The lowest BCUT2D eigenvalue weighted by atomic mass is 10.0. The maximum Gasteiger partial charge on any atom is 0.271 e. The van der Waals surface area contributed by atoms with Crippen LogP contribution in [0, 0.1) is 0 Å². The standard InChI is InChI=1S/C22H25N3O3S/c1-16(19-8-7-17-5-4-6-20(17)15-19)23-24-22(26)18-9-11-21(12-10-18)29(27,28)25-13-2-3-14-25/h7-12,15H,2-6,13-14H2,1H3,(H,24,26)/b23-16-. The van der Waals surface area contributed by atoms with E-state index in [0.717, 1.165) is 37.0 Å². The maximum atomic E-state index is 12.6. The number of rotatable bonds is 5. The molecule has 0 bridgehead atoms. The smallest absolute Gasteiger partial charge is 0.267 e. The van der Waals surface area contributed by atoms with E-state index in [9.17, 15) is 13.2 Å². The van der Waals surface area contributed by atoms with Crippen molar-refractivity contribution in [2.24, 2.45) is 5.10 Å². The van der Waals surface area contributed by atoms with Crippen LogP contribution < -0.4 is 5.43 Å². The minimum Gasteiger partial charge on any atom is -0.267 e. The topological polar surface area (TPSA) is 78.8 Å². The van der Waals surface area contributed by atoms with E-state index in [1.165, 1.54) is 46.1 Å². The highest BCUT2D eigenvalue weighted by Crippen LogP contribution is 2.23. The number of nitrogens with one attached hydrogen (secondary N) is 1. The number of hydrogen-bond donors (Lipinski definition) is 1. The quantitative estimate of drug-likeness (QED) is 0.606. The molecule has 152 valence electrons. The Labute approximate surface area is 171 Å². The van der Waals surface area contributed by atoms with E-state index in [-0.39, 0.29) is 10.8 Å². The van der Waals surface area contributed by atoms with Gasteiger partial charge in [0, 0.05) is 18.7 Å². The molecule has 1 N–H and O–H groups in total. The number of nitrogens with zero attached hydrogens (tertiary/aromatic N) is 2. The summed E-state index contributed by atoms with van der Waals surface area (Å²) in [6, 6.07) is 12.3. The van der Waals surface area contributed by atoms with Crippen LogP contribution in [0.1, 0.15) is 53.2 Å². The second-order valence-corrected chi connectivity index (χ2v) is 9.55. The normalized spacial score (nSPS) is 17.3. The number of sulfonamides is 1. The van der Waals surface area contributed by atoms with E-state index < -0.39 is 10.0 Å². The maximum absolute atomic E-state index is 12.6. The Morgan fingerprint density at radius 2 is 1.59 bits per heavy atom. The molecule has 1 amide bonds. The molecule has 0 spiro atoms. The van der Waals surface area contributed by atoms with E-state index in [0.29, 0.717) is 18.7 Å². The van der Waals surface area contributed by atoms with Crippen molar-refractivity contribution in [2.45, 2.75) is 43.9 Å². The summed E-state index contributed by atoms with van der Waals surface area (Å²) in [6.07, 6.45) is 5.19. The third-order valence-corrected chi connectivity index (χ3v) is 7.57. The fourth-order valence-electron chi connectivity index (χ4n) is 3.92. The highest BCUT2D eigenvalue weighted by molar-refractivity contribution is 7.89. The molecule has 1 saturated heterocycles.